The summed E-state index contributed by atoms with van der Waals surface area (Å²) in [5.41, 5.74) is 0. The first kappa shape index (κ1) is 9.63. The van der Waals surface area contributed by atoms with Gasteiger partial charge in [0.15, 0.2) is 0 Å². The van der Waals surface area contributed by atoms with Gasteiger partial charge in [-0.3, -0.25) is 0 Å². The highest BCUT2D eigenvalue weighted by molar-refractivity contribution is 7.90. The summed E-state index contributed by atoms with van der Waals surface area (Å²) in [6.45, 7) is 0. The van der Waals surface area contributed by atoms with E-state index in [4.69, 9.17) is 23.2 Å². The molecule has 1 heterocycles. The van der Waals surface area contributed by atoms with E-state index < -0.39 is 15.0 Å². The fourth-order valence-electron chi connectivity index (χ4n) is 0.475. The van der Waals surface area contributed by atoms with Crippen LogP contribution in [0.4, 0.5) is 0 Å². The van der Waals surface area contributed by atoms with E-state index in [1.165, 1.54) is 0 Å². The van der Waals surface area contributed by atoms with Gasteiger partial charge in [0, 0.05) is 6.26 Å². The van der Waals surface area contributed by atoms with E-state index >= 15 is 0 Å². The van der Waals surface area contributed by atoms with Crippen molar-refractivity contribution in [3.05, 3.63) is 10.6 Å². The topological polar surface area (TPSA) is 72.8 Å². The molecular formula is C4H3Cl2N3O2S. The van der Waals surface area contributed by atoms with Gasteiger partial charge in [0.2, 0.25) is 20.4 Å². The molecule has 1 rings (SSSR count). The minimum atomic E-state index is -3.48. The Morgan fingerprint density at radius 1 is 1.08 bits per heavy atom. The summed E-state index contributed by atoms with van der Waals surface area (Å²) in [6, 6.07) is 0. The number of aromatic nitrogens is 3. The Bertz CT molecular complexity index is 385. The maximum atomic E-state index is 10.9. The molecule has 0 unspecified atom stereocenters. The van der Waals surface area contributed by atoms with Crippen LogP contribution in [0.3, 0.4) is 0 Å². The minimum Gasteiger partial charge on any atom is -0.221 e. The second-order valence-electron chi connectivity index (χ2n) is 1.93. The van der Waals surface area contributed by atoms with Gasteiger partial charge in [-0.1, -0.05) is 0 Å². The Hall–Kier alpha value is -0.460. The van der Waals surface area contributed by atoms with Gasteiger partial charge < -0.3 is 0 Å². The van der Waals surface area contributed by atoms with Gasteiger partial charge in [-0.25, -0.2) is 8.42 Å². The molecule has 66 valence electrons. The van der Waals surface area contributed by atoms with E-state index in [1.54, 1.807) is 0 Å². The average Bonchev–Trinajstić information content (AvgIpc) is 1.82. The SMILES string of the molecule is CS(=O)(=O)c1nc(Cl)nc(Cl)n1. The molecule has 0 aliphatic rings. The third-order valence-corrected chi connectivity index (χ3v) is 2.08. The normalized spacial score (nSPS) is 11.6. The van der Waals surface area contributed by atoms with Crippen molar-refractivity contribution in [2.45, 2.75) is 5.16 Å². The summed E-state index contributed by atoms with van der Waals surface area (Å²) in [4.78, 5) is 10.1. The Labute approximate surface area is 78.7 Å². The van der Waals surface area contributed by atoms with Crippen LogP contribution < -0.4 is 0 Å². The lowest BCUT2D eigenvalue weighted by Gasteiger charge is -1.95. The van der Waals surface area contributed by atoms with E-state index in [9.17, 15) is 8.42 Å². The smallest absolute Gasteiger partial charge is 0.221 e. The summed E-state index contributed by atoms with van der Waals surface area (Å²) in [6.07, 6.45) is 0.953. The number of hydrogen-bond acceptors (Lipinski definition) is 5. The van der Waals surface area contributed by atoms with Crippen molar-refractivity contribution in [1.82, 2.24) is 15.0 Å². The lowest BCUT2D eigenvalue weighted by atomic mass is 11.1. The van der Waals surface area contributed by atoms with Gasteiger partial charge in [-0.15, -0.1) is 0 Å². The molecule has 0 radical (unpaired) electrons. The average molecular weight is 228 g/mol. The van der Waals surface area contributed by atoms with Crippen LogP contribution in [0.2, 0.25) is 10.6 Å². The molecule has 1 aromatic rings. The molecule has 0 atom stereocenters. The second-order valence-corrected chi connectivity index (χ2v) is 4.51. The van der Waals surface area contributed by atoms with Crippen LogP contribution in [0.5, 0.6) is 0 Å². The van der Waals surface area contributed by atoms with E-state index in [0.29, 0.717) is 0 Å². The minimum absolute atomic E-state index is 0.240. The summed E-state index contributed by atoms with van der Waals surface area (Å²) >= 11 is 10.7. The maximum absolute atomic E-state index is 10.9. The van der Waals surface area contributed by atoms with Crippen LogP contribution in [0.25, 0.3) is 0 Å². The van der Waals surface area contributed by atoms with Crippen LogP contribution >= 0.6 is 23.2 Å². The molecule has 0 spiro atoms. The zero-order valence-electron chi connectivity index (χ0n) is 5.82. The molecule has 1 aromatic heterocycles. The summed E-state index contributed by atoms with van der Waals surface area (Å²) in [7, 11) is -3.48. The van der Waals surface area contributed by atoms with E-state index in [1.807, 2.05) is 0 Å². The molecule has 8 heteroatoms. The van der Waals surface area contributed by atoms with Gasteiger partial charge in [-0.05, 0) is 23.2 Å². The van der Waals surface area contributed by atoms with Crippen molar-refractivity contribution < 1.29 is 8.42 Å². The second kappa shape index (κ2) is 3.12. The molecule has 12 heavy (non-hydrogen) atoms. The number of hydrogen-bond donors (Lipinski definition) is 0. The van der Waals surface area contributed by atoms with Crippen LogP contribution in [0.1, 0.15) is 0 Å². The first-order valence-corrected chi connectivity index (χ1v) is 5.31. The fourth-order valence-corrected chi connectivity index (χ4v) is 1.44. The molecule has 0 amide bonds. The molecule has 0 aliphatic heterocycles. The quantitative estimate of drug-likeness (QED) is 0.702. The lowest BCUT2D eigenvalue weighted by molar-refractivity contribution is 0.591. The van der Waals surface area contributed by atoms with Gasteiger partial charge in [0.25, 0.3) is 5.16 Å². The molecular weight excluding hydrogens is 225 g/mol. The molecule has 0 fully saturated rings. The van der Waals surface area contributed by atoms with Gasteiger partial charge in [0.1, 0.15) is 0 Å². The third kappa shape index (κ3) is 2.26. The summed E-state index contributed by atoms with van der Waals surface area (Å²) in [5, 5.41) is -0.904. The first-order valence-electron chi connectivity index (χ1n) is 2.67. The zero-order valence-corrected chi connectivity index (χ0v) is 8.15. The van der Waals surface area contributed by atoms with E-state index in [-0.39, 0.29) is 10.6 Å². The Morgan fingerprint density at radius 3 is 1.83 bits per heavy atom. The highest BCUT2D eigenvalue weighted by atomic mass is 35.5. The number of nitrogens with zero attached hydrogens (tertiary/aromatic N) is 3. The van der Waals surface area contributed by atoms with Crippen molar-refractivity contribution in [3.8, 4) is 0 Å². The van der Waals surface area contributed by atoms with E-state index in [2.05, 4.69) is 15.0 Å². The van der Waals surface area contributed by atoms with Gasteiger partial charge in [-0.2, -0.15) is 15.0 Å². The van der Waals surface area contributed by atoms with Crippen molar-refractivity contribution in [3.63, 3.8) is 0 Å². The summed E-state index contributed by atoms with van der Waals surface area (Å²) in [5.74, 6) is 0. The predicted octanol–water partition coefficient (Wildman–Crippen LogP) is 0.582. The maximum Gasteiger partial charge on any atom is 0.252 e. The van der Waals surface area contributed by atoms with Crippen LogP contribution in [0.15, 0.2) is 5.16 Å². The third-order valence-electron chi connectivity index (χ3n) is 0.892. The molecule has 0 saturated carbocycles. The molecule has 0 saturated heterocycles. The number of rotatable bonds is 1. The zero-order chi connectivity index (χ0) is 9.35. The lowest BCUT2D eigenvalue weighted by Crippen LogP contribution is -2.05. The number of sulfone groups is 1. The van der Waals surface area contributed by atoms with Crippen molar-refractivity contribution >= 4 is 33.0 Å². The van der Waals surface area contributed by atoms with Gasteiger partial charge in [0.05, 0.1) is 0 Å². The molecule has 0 aromatic carbocycles. The fraction of sp³-hybridized carbons (Fsp3) is 0.250. The molecule has 0 aliphatic carbocycles. The standard InChI is InChI=1S/C4H3Cl2N3O2S/c1-12(10,11)4-8-2(5)7-3(6)9-4/h1H3. The highest BCUT2D eigenvalue weighted by Gasteiger charge is 2.13. The van der Waals surface area contributed by atoms with Crippen molar-refractivity contribution in [2.24, 2.45) is 0 Å². The Balaban J connectivity index is 3.37. The Morgan fingerprint density at radius 2 is 1.50 bits per heavy atom. The van der Waals surface area contributed by atoms with Crippen molar-refractivity contribution in [2.75, 3.05) is 6.26 Å². The molecule has 0 bridgehead atoms. The van der Waals surface area contributed by atoms with Crippen LogP contribution in [-0.4, -0.2) is 29.6 Å². The predicted molar refractivity (Wildman–Crippen MR) is 43.0 cm³/mol. The van der Waals surface area contributed by atoms with Gasteiger partial charge >= 0.3 is 0 Å². The number of halogens is 2. The van der Waals surface area contributed by atoms with Crippen molar-refractivity contribution in [1.29, 1.82) is 0 Å². The van der Waals surface area contributed by atoms with Crippen LogP contribution in [-0.2, 0) is 9.84 Å². The van der Waals surface area contributed by atoms with E-state index in [0.717, 1.165) is 6.26 Å². The van der Waals surface area contributed by atoms with Crippen LogP contribution in [0, 0.1) is 0 Å². The molecule has 5 nitrogen and oxygen atoms in total. The largest absolute Gasteiger partial charge is 0.252 e. The molecule has 0 N–H and O–H groups in total. The summed E-state index contributed by atoms with van der Waals surface area (Å²) < 4.78 is 21.7. The monoisotopic (exact) mass is 227 g/mol. The first-order chi connectivity index (χ1) is 5.39. The highest BCUT2D eigenvalue weighted by Crippen LogP contribution is 2.09. The Kier molecular flexibility index (Phi) is 2.50.